The number of ketones is 1. The van der Waals surface area contributed by atoms with Gasteiger partial charge in [0.25, 0.3) is 0 Å². The van der Waals surface area contributed by atoms with Gasteiger partial charge in [-0.1, -0.05) is 20.8 Å². The Hall–Kier alpha value is -0.700. The van der Waals surface area contributed by atoms with Crippen LogP contribution in [0.1, 0.15) is 41.1 Å². The summed E-state index contributed by atoms with van der Waals surface area (Å²) >= 11 is 1.49. The van der Waals surface area contributed by atoms with Crippen molar-refractivity contribution in [3.05, 3.63) is 15.6 Å². The standard InChI is InChI=1S/C10H15NOS/c1-6-8(13-7(2)11-6)9(12)10(3,4)5/h1-5H3. The Balaban J connectivity index is 3.09. The van der Waals surface area contributed by atoms with Gasteiger partial charge in [-0.3, -0.25) is 4.79 Å². The largest absolute Gasteiger partial charge is 0.293 e. The first-order chi connectivity index (χ1) is 5.82. The van der Waals surface area contributed by atoms with Gasteiger partial charge in [0.15, 0.2) is 5.78 Å². The van der Waals surface area contributed by atoms with Crippen LogP contribution >= 0.6 is 11.3 Å². The summed E-state index contributed by atoms with van der Waals surface area (Å²) in [4.78, 5) is 16.9. The summed E-state index contributed by atoms with van der Waals surface area (Å²) in [5.41, 5.74) is 0.562. The molecule has 0 fully saturated rings. The summed E-state index contributed by atoms with van der Waals surface area (Å²) in [7, 11) is 0. The summed E-state index contributed by atoms with van der Waals surface area (Å²) in [5.74, 6) is 0.190. The van der Waals surface area contributed by atoms with E-state index < -0.39 is 0 Å². The Labute approximate surface area is 83.0 Å². The van der Waals surface area contributed by atoms with Crippen molar-refractivity contribution in [2.24, 2.45) is 5.41 Å². The molecule has 0 bridgehead atoms. The molecular weight excluding hydrogens is 182 g/mol. The number of Topliss-reactive ketones (excluding diaryl/α,β-unsaturated/α-hetero) is 1. The number of hydrogen-bond acceptors (Lipinski definition) is 3. The van der Waals surface area contributed by atoms with E-state index in [4.69, 9.17) is 0 Å². The van der Waals surface area contributed by atoms with Crippen LogP contribution in [0.3, 0.4) is 0 Å². The third-order valence-electron chi connectivity index (χ3n) is 1.79. The molecular formula is C10H15NOS. The van der Waals surface area contributed by atoms with Crippen LogP contribution in [0.2, 0.25) is 0 Å². The summed E-state index contributed by atoms with van der Waals surface area (Å²) in [6.45, 7) is 9.62. The normalized spacial score (nSPS) is 11.8. The fourth-order valence-electron chi connectivity index (χ4n) is 1.08. The van der Waals surface area contributed by atoms with Gasteiger partial charge < -0.3 is 0 Å². The highest BCUT2D eigenvalue weighted by molar-refractivity contribution is 7.13. The third kappa shape index (κ3) is 2.15. The minimum atomic E-state index is -0.302. The molecule has 0 unspecified atom stereocenters. The highest BCUT2D eigenvalue weighted by Crippen LogP contribution is 2.26. The van der Waals surface area contributed by atoms with Gasteiger partial charge in [0.1, 0.15) is 0 Å². The maximum atomic E-state index is 11.9. The Morgan fingerprint density at radius 3 is 2.15 bits per heavy atom. The van der Waals surface area contributed by atoms with Crippen LogP contribution in [-0.2, 0) is 0 Å². The second-order valence-electron chi connectivity index (χ2n) is 4.23. The van der Waals surface area contributed by atoms with E-state index in [1.807, 2.05) is 34.6 Å². The summed E-state index contributed by atoms with van der Waals surface area (Å²) in [5, 5.41) is 0.963. The number of carbonyl (C=O) groups excluding carboxylic acids is 1. The first kappa shape index (κ1) is 10.4. The molecule has 72 valence electrons. The minimum Gasteiger partial charge on any atom is -0.293 e. The van der Waals surface area contributed by atoms with Crippen LogP contribution in [0.5, 0.6) is 0 Å². The molecule has 3 heteroatoms. The zero-order chi connectivity index (χ0) is 10.2. The molecule has 0 saturated heterocycles. The molecule has 0 spiro atoms. The van der Waals surface area contributed by atoms with Gasteiger partial charge in [-0.15, -0.1) is 11.3 Å². The van der Waals surface area contributed by atoms with E-state index >= 15 is 0 Å². The average molecular weight is 197 g/mol. The molecule has 0 N–H and O–H groups in total. The fraction of sp³-hybridized carbons (Fsp3) is 0.600. The molecule has 0 aliphatic rings. The molecule has 2 nitrogen and oxygen atoms in total. The zero-order valence-electron chi connectivity index (χ0n) is 8.76. The van der Waals surface area contributed by atoms with Crippen molar-refractivity contribution in [2.75, 3.05) is 0 Å². The van der Waals surface area contributed by atoms with Crippen LogP contribution in [0.15, 0.2) is 0 Å². The molecule has 0 aliphatic heterocycles. The molecule has 0 radical (unpaired) electrons. The van der Waals surface area contributed by atoms with Crippen molar-refractivity contribution in [1.29, 1.82) is 0 Å². The van der Waals surface area contributed by atoms with Gasteiger partial charge in [0, 0.05) is 5.41 Å². The van der Waals surface area contributed by atoms with Crippen molar-refractivity contribution < 1.29 is 4.79 Å². The molecule has 0 atom stereocenters. The van der Waals surface area contributed by atoms with Gasteiger partial charge in [-0.25, -0.2) is 4.98 Å². The van der Waals surface area contributed by atoms with Crippen LogP contribution in [0, 0.1) is 19.3 Å². The number of aryl methyl sites for hydroxylation is 2. The molecule has 1 heterocycles. The van der Waals surface area contributed by atoms with Crippen LogP contribution in [0.25, 0.3) is 0 Å². The van der Waals surface area contributed by atoms with E-state index in [9.17, 15) is 4.79 Å². The Kier molecular flexibility index (Phi) is 2.57. The number of thiazole rings is 1. The number of aromatic nitrogens is 1. The monoisotopic (exact) mass is 197 g/mol. The van der Waals surface area contributed by atoms with Crippen LogP contribution < -0.4 is 0 Å². The van der Waals surface area contributed by atoms with Gasteiger partial charge in [-0.05, 0) is 13.8 Å². The highest BCUT2D eigenvalue weighted by atomic mass is 32.1. The highest BCUT2D eigenvalue weighted by Gasteiger charge is 2.26. The van der Waals surface area contributed by atoms with Crippen molar-refractivity contribution in [3.63, 3.8) is 0 Å². The summed E-state index contributed by atoms with van der Waals surface area (Å²) in [6, 6.07) is 0. The Morgan fingerprint density at radius 1 is 1.31 bits per heavy atom. The van der Waals surface area contributed by atoms with Crippen molar-refractivity contribution in [2.45, 2.75) is 34.6 Å². The number of hydrogen-bond donors (Lipinski definition) is 0. The van der Waals surface area contributed by atoms with Gasteiger partial charge >= 0.3 is 0 Å². The van der Waals surface area contributed by atoms with Crippen molar-refractivity contribution in [1.82, 2.24) is 4.98 Å². The van der Waals surface area contributed by atoms with E-state index in [1.165, 1.54) is 11.3 Å². The second-order valence-corrected chi connectivity index (χ2v) is 5.43. The van der Waals surface area contributed by atoms with Gasteiger partial charge in [0.2, 0.25) is 0 Å². The maximum absolute atomic E-state index is 11.9. The molecule has 0 saturated carbocycles. The van der Waals surface area contributed by atoms with E-state index in [2.05, 4.69) is 4.98 Å². The number of nitrogens with zero attached hydrogens (tertiary/aromatic N) is 1. The Bertz CT molecular complexity index is 333. The Morgan fingerprint density at radius 2 is 1.85 bits per heavy atom. The third-order valence-corrected chi connectivity index (χ3v) is 2.86. The van der Waals surface area contributed by atoms with E-state index in [0.717, 1.165) is 15.6 Å². The molecule has 1 rings (SSSR count). The van der Waals surface area contributed by atoms with Gasteiger partial charge in [-0.2, -0.15) is 0 Å². The number of rotatable bonds is 1. The molecule has 0 amide bonds. The van der Waals surface area contributed by atoms with Crippen LogP contribution in [0.4, 0.5) is 0 Å². The first-order valence-electron chi connectivity index (χ1n) is 4.31. The first-order valence-corrected chi connectivity index (χ1v) is 5.13. The zero-order valence-corrected chi connectivity index (χ0v) is 9.58. The predicted octanol–water partition coefficient (Wildman–Crippen LogP) is 2.99. The minimum absolute atomic E-state index is 0.190. The van der Waals surface area contributed by atoms with E-state index in [-0.39, 0.29) is 11.2 Å². The van der Waals surface area contributed by atoms with Gasteiger partial charge in [0.05, 0.1) is 15.6 Å². The lowest BCUT2D eigenvalue weighted by Gasteiger charge is -2.15. The van der Waals surface area contributed by atoms with E-state index in [0.29, 0.717) is 0 Å². The lowest BCUT2D eigenvalue weighted by Crippen LogP contribution is -2.19. The smallest absolute Gasteiger partial charge is 0.179 e. The summed E-state index contributed by atoms with van der Waals surface area (Å²) in [6.07, 6.45) is 0. The lowest BCUT2D eigenvalue weighted by molar-refractivity contribution is 0.0862. The van der Waals surface area contributed by atoms with E-state index in [1.54, 1.807) is 0 Å². The topological polar surface area (TPSA) is 30.0 Å². The molecule has 13 heavy (non-hydrogen) atoms. The fourth-order valence-corrected chi connectivity index (χ4v) is 2.15. The predicted molar refractivity (Wildman–Crippen MR) is 55.4 cm³/mol. The second kappa shape index (κ2) is 3.22. The molecule has 0 aromatic carbocycles. The quantitative estimate of drug-likeness (QED) is 0.648. The molecule has 1 aromatic rings. The SMILES string of the molecule is Cc1nc(C)c(C(=O)C(C)(C)C)s1. The molecule has 0 aliphatic carbocycles. The maximum Gasteiger partial charge on any atom is 0.179 e. The van der Waals surface area contributed by atoms with Crippen molar-refractivity contribution >= 4 is 17.1 Å². The number of carbonyl (C=O) groups is 1. The summed E-state index contributed by atoms with van der Waals surface area (Å²) < 4.78 is 0. The van der Waals surface area contributed by atoms with Crippen molar-refractivity contribution in [3.8, 4) is 0 Å². The lowest BCUT2D eigenvalue weighted by atomic mass is 9.89. The average Bonchev–Trinajstić information content (AvgIpc) is 2.26. The molecule has 1 aromatic heterocycles. The van der Waals surface area contributed by atoms with Crippen LogP contribution in [-0.4, -0.2) is 10.8 Å².